The average molecular weight is 246 g/mol. The number of nitrogens with zero attached hydrogens (tertiary/aromatic N) is 2. The van der Waals surface area contributed by atoms with Crippen LogP contribution in [-0.4, -0.2) is 9.97 Å². The van der Waals surface area contributed by atoms with Crippen LogP contribution in [0, 0.1) is 0 Å². The Balaban J connectivity index is 1.80. The van der Waals surface area contributed by atoms with Crippen molar-refractivity contribution in [3.05, 3.63) is 84.3 Å². The van der Waals surface area contributed by atoms with E-state index in [9.17, 15) is 0 Å². The van der Waals surface area contributed by atoms with Gasteiger partial charge in [-0.25, -0.2) is 0 Å². The first-order valence-electron chi connectivity index (χ1n) is 6.31. The molecular formula is C17H14N2. The summed E-state index contributed by atoms with van der Waals surface area (Å²) >= 11 is 0. The lowest BCUT2D eigenvalue weighted by Crippen LogP contribution is -1.91. The monoisotopic (exact) mass is 246 g/mol. The van der Waals surface area contributed by atoms with Gasteiger partial charge in [0.2, 0.25) is 0 Å². The summed E-state index contributed by atoms with van der Waals surface area (Å²) in [5, 5.41) is 0. The van der Waals surface area contributed by atoms with E-state index in [2.05, 4.69) is 34.2 Å². The minimum absolute atomic E-state index is 0.893. The molecule has 0 radical (unpaired) electrons. The van der Waals surface area contributed by atoms with Gasteiger partial charge in [0, 0.05) is 24.2 Å². The second-order valence-electron chi connectivity index (χ2n) is 4.45. The molecule has 1 aromatic carbocycles. The Hall–Kier alpha value is -2.48. The van der Waals surface area contributed by atoms with Gasteiger partial charge < -0.3 is 0 Å². The molecule has 2 nitrogen and oxygen atoms in total. The van der Waals surface area contributed by atoms with E-state index in [1.807, 2.05) is 48.9 Å². The number of benzene rings is 1. The van der Waals surface area contributed by atoms with Gasteiger partial charge in [0.15, 0.2) is 0 Å². The summed E-state index contributed by atoms with van der Waals surface area (Å²) in [6.07, 6.45) is 6.48. The number of hydrogen-bond acceptors (Lipinski definition) is 2. The molecule has 0 aliphatic heterocycles. The van der Waals surface area contributed by atoms with Crippen LogP contribution in [0.3, 0.4) is 0 Å². The molecule has 2 aromatic heterocycles. The quantitative estimate of drug-likeness (QED) is 0.703. The van der Waals surface area contributed by atoms with E-state index in [0.717, 1.165) is 17.7 Å². The summed E-state index contributed by atoms with van der Waals surface area (Å²) in [6.45, 7) is 0. The van der Waals surface area contributed by atoms with E-state index in [0.29, 0.717) is 0 Å². The van der Waals surface area contributed by atoms with Gasteiger partial charge in [-0.3, -0.25) is 9.97 Å². The van der Waals surface area contributed by atoms with Crippen LogP contribution in [0.25, 0.3) is 11.3 Å². The first kappa shape index (κ1) is 11.6. The van der Waals surface area contributed by atoms with Crippen molar-refractivity contribution in [2.24, 2.45) is 0 Å². The second-order valence-corrected chi connectivity index (χ2v) is 4.45. The normalized spacial score (nSPS) is 10.3. The largest absolute Gasteiger partial charge is 0.265 e. The molecule has 0 fully saturated rings. The van der Waals surface area contributed by atoms with Crippen molar-refractivity contribution < 1.29 is 0 Å². The zero-order valence-corrected chi connectivity index (χ0v) is 10.5. The van der Waals surface area contributed by atoms with Crippen LogP contribution in [0.4, 0.5) is 0 Å². The summed E-state index contributed by atoms with van der Waals surface area (Å²) in [7, 11) is 0. The lowest BCUT2D eigenvalue weighted by molar-refractivity contribution is 1.13. The zero-order valence-electron chi connectivity index (χ0n) is 10.5. The fourth-order valence-corrected chi connectivity index (χ4v) is 2.05. The fraction of sp³-hybridized carbons (Fsp3) is 0.0588. The molecule has 92 valence electrons. The van der Waals surface area contributed by atoms with Crippen LogP contribution in [0.2, 0.25) is 0 Å². The first-order chi connectivity index (χ1) is 9.42. The molecule has 3 aromatic rings. The summed E-state index contributed by atoms with van der Waals surface area (Å²) < 4.78 is 0. The van der Waals surface area contributed by atoms with E-state index in [1.165, 1.54) is 11.1 Å². The molecule has 2 heteroatoms. The molecule has 2 heterocycles. The fourth-order valence-electron chi connectivity index (χ4n) is 2.05. The van der Waals surface area contributed by atoms with Crippen molar-refractivity contribution in [2.75, 3.05) is 0 Å². The van der Waals surface area contributed by atoms with E-state index in [4.69, 9.17) is 0 Å². The summed E-state index contributed by atoms with van der Waals surface area (Å²) in [5.41, 5.74) is 4.63. The van der Waals surface area contributed by atoms with Crippen LogP contribution in [0.1, 0.15) is 11.1 Å². The van der Waals surface area contributed by atoms with Crippen molar-refractivity contribution in [1.29, 1.82) is 0 Å². The Labute approximate surface area is 112 Å². The molecule has 0 aliphatic carbocycles. The van der Waals surface area contributed by atoms with Crippen molar-refractivity contribution >= 4 is 0 Å². The van der Waals surface area contributed by atoms with E-state index in [1.54, 1.807) is 0 Å². The van der Waals surface area contributed by atoms with Gasteiger partial charge in [-0.05, 0) is 35.7 Å². The lowest BCUT2D eigenvalue weighted by atomic mass is 10.1. The highest BCUT2D eigenvalue weighted by molar-refractivity contribution is 5.58. The van der Waals surface area contributed by atoms with Crippen LogP contribution in [-0.2, 0) is 6.42 Å². The van der Waals surface area contributed by atoms with Crippen LogP contribution in [0.15, 0.2) is 73.2 Å². The van der Waals surface area contributed by atoms with Crippen LogP contribution < -0.4 is 0 Å². The molecule has 0 saturated carbocycles. The Kier molecular flexibility index (Phi) is 3.32. The zero-order chi connectivity index (χ0) is 12.9. The Morgan fingerprint density at radius 2 is 1.53 bits per heavy atom. The Morgan fingerprint density at radius 3 is 2.21 bits per heavy atom. The predicted molar refractivity (Wildman–Crippen MR) is 76.7 cm³/mol. The molecule has 19 heavy (non-hydrogen) atoms. The molecule has 0 spiro atoms. The topological polar surface area (TPSA) is 25.8 Å². The van der Waals surface area contributed by atoms with E-state index in [-0.39, 0.29) is 0 Å². The molecule has 0 unspecified atom stereocenters. The predicted octanol–water partition coefficient (Wildman–Crippen LogP) is 3.73. The van der Waals surface area contributed by atoms with Gasteiger partial charge in [0.25, 0.3) is 0 Å². The Bertz CT molecular complexity index is 631. The summed E-state index contributed by atoms with van der Waals surface area (Å²) in [5.74, 6) is 0. The maximum Gasteiger partial charge on any atom is 0.0702 e. The molecule has 0 bridgehead atoms. The minimum atomic E-state index is 0.893. The third-order valence-corrected chi connectivity index (χ3v) is 3.05. The van der Waals surface area contributed by atoms with Crippen molar-refractivity contribution in [3.8, 4) is 11.3 Å². The SMILES string of the molecule is c1ccc(-c2ccc(Cc3ccncc3)cn2)cc1. The van der Waals surface area contributed by atoms with Gasteiger partial charge in [0.05, 0.1) is 5.69 Å². The van der Waals surface area contributed by atoms with Crippen LogP contribution >= 0.6 is 0 Å². The van der Waals surface area contributed by atoms with Crippen molar-refractivity contribution in [3.63, 3.8) is 0 Å². The van der Waals surface area contributed by atoms with Crippen LogP contribution in [0.5, 0.6) is 0 Å². The van der Waals surface area contributed by atoms with Gasteiger partial charge in [-0.2, -0.15) is 0 Å². The third kappa shape index (κ3) is 2.86. The summed E-state index contributed by atoms with van der Waals surface area (Å²) in [4.78, 5) is 8.55. The highest BCUT2D eigenvalue weighted by Gasteiger charge is 2.00. The lowest BCUT2D eigenvalue weighted by Gasteiger charge is -2.04. The number of rotatable bonds is 3. The van der Waals surface area contributed by atoms with Crippen molar-refractivity contribution in [2.45, 2.75) is 6.42 Å². The summed E-state index contributed by atoms with van der Waals surface area (Å²) in [6, 6.07) is 18.5. The molecular weight excluding hydrogens is 232 g/mol. The smallest absolute Gasteiger partial charge is 0.0702 e. The van der Waals surface area contributed by atoms with E-state index >= 15 is 0 Å². The van der Waals surface area contributed by atoms with Crippen molar-refractivity contribution in [1.82, 2.24) is 9.97 Å². The van der Waals surface area contributed by atoms with E-state index < -0.39 is 0 Å². The molecule has 0 saturated heterocycles. The molecule has 0 N–H and O–H groups in total. The molecule has 0 amide bonds. The van der Waals surface area contributed by atoms with Gasteiger partial charge >= 0.3 is 0 Å². The maximum atomic E-state index is 4.53. The Morgan fingerprint density at radius 1 is 0.737 bits per heavy atom. The first-order valence-corrected chi connectivity index (χ1v) is 6.31. The molecule has 0 atom stereocenters. The van der Waals surface area contributed by atoms with Gasteiger partial charge in [0.1, 0.15) is 0 Å². The minimum Gasteiger partial charge on any atom is -0.265 e. The molecule has 0 aliphatic rings. The average Bonchev–Trinajstić information content (AvgIpc) is 2.50. The van der Waals surface area contributed by atoms with Gasteiger partial charge in [-0.1, -0.05) is 36.4 Å². The number of hydrogen-bond donors (Lipinski definition) is 0. The number of pyridine rings is 2. The third-order valence-electron chi connectivity index (χ3n) is 3.05. The molecule has 3 rings (SSSR count). The maximum absolute atomic E-state index is 4.53. The van der Waals surface area contributed by atoms with Gasteiger partial charge in [-0.15, -0.1) is 0 Å². The number of aromatic nitrogens is 2. The highest BCUT2D eigenvalue weighted by Crippen LogP contribution is 2.17. The highest BCUT2D eigenvalue weighted by atomic mass is 14.7. The second kappa shape index (κ2) is 5.44. The standard InChI is InChI=1S/C17H14N2/c1-2-4-16(5-3-1)17-7-6-15(13-19-17)12-14-8-10-18-11-9-14/h1-11,13H,12H2.